The molecule has 16 heavy (non-hydrogen) atoms. The van der Waals surface area contributed by atoms with Gasteiger partial charge in [0.05, 0.1) is 26.3 Å². The first-order valence-corrected chi connectivity index (χ1v) is 6.35. The highest BCUT2D eigenvalue weighted by atomic mass is 35.5. The van der Waals surface area contributed by atoms with E-state index in [2.05, 4.69) is 11.4 Å². The van der Waals surface area contributed by atoms with Gasteiger partial charge in [-0.2, -0.15) is 0 Å². The molecule has 0 amide bonds. The van der Waals surface area contributed by atoms with E-state index in [-0.39, 0.29) is 0 Å². The van der Waals surface area contributed by atoms with Crippen molar-refractivity contribution in [3.05, 3.63) is 46.4 Å². The van der Waals surface area contributed by atoms with Crippen LogP contribution in [0.25, 0.3) is 0 Å². The van der Waals surface area contributed by atoms with E-state index in [1.807, 2.05) is 30.3 Å². The van der Waals surface area contributed by atoms with Gasteiger partial charge in [-0.3, -0.25) is 0 Å². The highest BCUT2D eigenvalue weighted by Gasteiger charge is 2.19. The number of rotatable bonds is 0. The second-order valence-corrected chi connectivity index (χ2v) is 5.32. The summed E-state index contributed by atoms with van der Waals surface area (Å²) < 4.78 is 0. The second-order valence-electron chi connectivity index (χ2n) is 3.46. The van der Waals surface area contributed by atoms with E-state index in [1.165, 1.54) is 4.90 Å². The summed E-state index contributed by atoms with van der Waals surface area (Å²) in [5.74, 6) is 0. The van der Waals surface area contributed by atoms with Crippen molar-refractivity contribution < 1.29 is 0 Å². The molecule has 3 rings (SSSR count). The molecule has 0 spiro atoms. The summed E-state index contributed by atoms with van der Waals surface area (Å²) in [6, 6.07) is 11.7. The maximum Gasteiger partial charge on any atom is 0.0730 e. The third-order valence-electron chi connectivity index (χ3n) is 2.42. The molecule has 0 atom stereocenters. The van der Waals surface area contributed by atoms with Gasteiger partial charge in [0.1, 0.15) is 0 Å². The monoisotopic (exact) mass is 267 g/mol. The number of para-hydroxylation sites is 1. The topological polar surface area (TPSA) is 12.0 Å². The Balaban J connectivity index is 2.19. The number of halogens is 2. The van der Waals surface area contributed by atoms with Crippen molar-refractivity contribution in [1.82, 2.24) is 0 Å². The molecule has 80 valence electrons. The summed E-state index contributed by atoms with van der Waals surface area (Å²) in [5, 5.41) is 4.74. The molecule has 0 aliphatic carbocycles. The Bertz CT molecular complexity index is 519. The number of nitrogens with one attached hydrogen (secondary N) is 1. The molecule has 0 saturated heterocycles. The summed E-state index contributed by atoms with van der Waals surface area (Å²) >= 11 is 14.0. The van der Waals surface area contributed by atoms with Gasteiger partial charge in [-0.15, -0.1) is 0 Å². The highest BCUT2D eigenvalue weighted by molar-refractivity contribution is 7.99. The van der Waals surface area contributed by atoms with Gasteiger partial charge in [0.2, 0.25) is 0 Å². The molecule has 4 heteroatoms. The summed E-state index contributed by atoms with van der Waals surface area (Å²) in [5.41, 5.74) is 1.97. The Morgan fingerprint density at radius 1 is 0.938 bits per heavy atom. The molecule has 0 fully saturated rings. The fraction of sp³-hybridized carbons (Fsp3) is 0. The number of fused-ring (bicyclic) bond motifs is 2. The Labute approximate surface area is 108 Å². The minimum Gasteiger partial charge on any atom is -0.352 e. The molecule has 1 N–H and O–H groups in total. The van der Waals surface area contributed by atoms with Crippen LogP contribution in [0, 0.1) is 0 Å². The van der Waals surface area contributed by atoms with Gasteiger partial charge < -0.3 is 5.32 Å². The van der Waals surface area contributed by atoms with Crippen molar-refractivity contribution in [3.63, 3.8) is 0 Å². The van der Waals surface area contributed by atoms with Crippen LogP contribution in [0.15, 0.2) is 46.2 Å². The van der Waals surface area contributed by atoms with E-state index in [0.29, 0.717) is 5.02 Å². The van der Waals surface area contributed by atoms with Crippen molar-refractivity contribution in [3.8, 4) is 0 Å². The van der Waals surface area contributed by atoms with Gasteiger partial charge in [0, 0.05) is 4.90 Å². The number of benzene rings is 2. The predicted octanol–water partition coefficient (Wildman–Crippen LogP) is 5.20. The van der Waals surface area contributed by atoms with E-state index in [0.717, 1.165) is 21.3 Å². The average Bonchev–Trinajstić information content (AvgIpc) is 2.32. The summed E-state index contributed by atoms with van der Waals surface area (Å²) in [4.78, 5) is 2.16. The number of hydrogen-bond donors (Lipinski definition) is 1. The molecule has 0 aromatic heterocycles. The van der Waals surface area contributed by atoms with E-state index in [1.54, 1.807) is 11.8 Å². The lowest BCUT2D eigenvalue weighted by Crippen LogP contribution is -2.00. The number of hydrogen-bond acceptors (Lipinski definition) is 2. The zero-order chi connectivity index (χ0) is 11.1. The Morgan fingerprint density at radius 2 is 1.69 bits per heavy atom. The Morgan fingerprint density at radius 3 is 2.56 bits per heavy atom. The third kappa shape index (κ3) is 1.58. The first-order valence-electron chi connectivity index (χ1n) is 4.77. The van der Waals surface area contributed by atoms with Crippen LogP contribution in [-0.2, 0) is 0 Å². The minimum absolute atomic E-state index is 0.696. The third-order valence-corrected chi connectivity index (χ3v) is 4.36. The van der Waals surface area contributed by atoms with Crippen LogP contribution in [-0.4, -0.2) is 0 Å². The fourth-order valence-corrected chi connectivity index (χ4v) is 3.21. The fourth-order valence-electron chi connectivity index (χ4n) is 1.65. The SMILES string of the molecule is Clc1ccc(Cl)c2c1Nc1ccccc1S2. The Kier molecular flexibility index (Phi) is 2.51. The van der Waals surface area contributed by atoms with Crippen molar-refractivity contribution in [2.75, 3.05) is 5.32 Å². The minimum atomic E-state index is 0.696. The molecule has 0 radical (unpaired) electrons. The van der Waals surface area contributed by atoms with E-state index >= 15 is 0 Å². The second kappa shape index (κ2) is 3.88. The van der Waals surface area contributed by atoms with E-state index in [4.69, 9.17) is 23.2 Å². The van der Waals surface area contributed by atoms with Crippen LogP contribution in [0.4, 0.5) is 11.4 Å². The molecule has 1 aliphatic heterocycles. The maximum atomic E-state index is 6.16. The zero-order valence-electron chi connectivity index (χ0n) is 8.13. The van der Waals surface area contributed by atoms with E-state index in [9.17, 15) is 0 Å². The first-order chi connectivity index (χ1) is 7.75. The molecule has 1 heterocycles. The van der Waals surface area contributed by atoms with Crippen molar-refractivity contribution in [2.45, 2.75) is 9.79 Å². The quantitative estimate of drug-likeness (QED) is 0.601. The van der Waals surface area contributed by atoms with Gasteiger partial charge in [-0.05, 0) is 24.3 Å². The molecule has 0 bridgehead atoms. The molecular weight excluding hydrogens is 261 g/mol. The maximum absolute atomic E-state index is 6.16. The van der Waals surface area contributed by atoms with Gasteiger partial charge in [0.15, 0.2) is 0 Å². The van der Waals surface area contributed by atoms with Crippen molar-refractivity contribution in [2.24, 2.45) is 0 Å². The Hall–Kier alpha value is -0.830. The zero-order valence-corrected chi connectivity index (χ0v) is 10.5. The smallest absolute Gasteiger partial charge is 0.0730 e. The van der Waals surface area contributed by atoms with E-state index < -0.39 is 0 Å². The van der Waals surface area contributed by atoms with Crippen molar-refractivity contribution in [1.29, 1.82) is 0 Å². The van der Waals surface area contributed by atoms with Crippen LogP contribution in [0.5, 0.6) is 0 Å². The van der Waals surface area contributed by atoms with Crippen molar-refractivity contribution >= 4 is 46.3 Å². The average molecular weight is 268 g/mol. The van der Waals surface area contributed by atoms with Crippen LogP contribution in [0.2, 0.25) is 10.0 Å². The normalized spacial score (nSPS) is 12.6. The predicted molar refractivity (Wildman–Crippen MR) is 70.3 cm³/mol. The summed E-state index contributed by atoms with van der Waals surface area (Å²) in [6.45, 7) is 0. The largest absolute Gasteiger partial charge is 0.352 e. The van der Waals surface area contributed by atoms with Crippen LogP contribution >= 0.6 is 35.0 Å². The molecule has 0 saturated carbocycles. The van der Waals surface area contributed by atoms with Gasteiger partial charge in [-0.25, -0.2) is 0 Å². The van der Waals surface area contributed by atoms with Gasteiger partial charge in [-0.1, -0.05) is 47.1 Å². The molecule has 1 nitrogen and oxygen atoms in total. The van der Waals surface area contributed by atoms with Crippen LogP contribution < -0.4 is 5.32 Å². The highest BCUT2D eigenvalue weighted by Crippen LogP contribution is 2.49. The molecular formula is C12H7Cl2NS. The lowest BCUT2D eigenvalue weighted by Gasteiger charge is -2.22. The van der Waals surface area contributed by atoms with Crippen LogP contribution in [0.3, 0.4) is 0 Å². The molecule has 2 aromatic rings. The number of anilines is 2. The van der Waals surface area contributed by atoms with Crippen LogP contribution in [0.1, 0.15) is 0 Å². The molecule has 0 unspecified atom stereocenters. The first kappa shape index (κ1) is 10.3. The molecule has 1 aliphatic rings. The van der Waals surface area contributed by atoms with Gasteiger partial charge >= 0.3 is 0 Å². The lowest BCUT2D eigenvalue weighted by molar-refractivity contribution is 1.31. The summed E-state index contributed by atoms with van der Waals surface area (Å²) in [7, 11) is 0. The standard InChI is InChI=1S/C12H7Cl2NS/c13-7-5-6-8(14)12-11(7)15-9-3-1-2-4-10(9)16-12/h1-6,15H. The van der Waals surface area contributed by atoms with Gasteiger partial charge in [0.25, 0.3) is 0 Å². The lowest BCUT2D eigenvalue weighted by atomic mass is 10.2. The summed E-state index contributed by atoms with van der Waals surface area (Å²) in [6.07, 6.45) is 0. The molecule has 2 aromatic carbocycles.